The van der Waals surface area contributed by atoms with Gasteiger partial charge in [-0.15, -0.1) is 0 Å². The summed E-state index contributed by atoms with van der Waals surface area (Å²) in [5.41, 5.74) is 3.25. The van der Waals surface area contributed by atoms with Crippen LogP contribution in [0.5, 0.6) is 0 Å². The molecule has 0 N–H and O–H groups in total. The van der Waals surface area contributed by atoms with Crippen LogP contribution in [-0.2, 0) is 0 Å². The predicted molar refractivity (Wildman–Crippen MR) is 87.2 cm³/mol. The molecule has 0 bridgehead atoms. The van der Waals surface area contributed by atoms with E-state index in [0.29, 0.717) is 0 Å². The summed E-state index contributed by atoms with van der Waals surface area (Å²) in [6, 6.07) is 14.7. The number of allylic oxidation sites excluding steroid dienone is 3. The third-order valence-electron chi connectivity index (χ3n) is 3.92. The average molecular weight is 274 g/mol. The predicted octanol–water partition coefficient (Wildman–Crippen LogP) is 3.85. The van der Waals surface area contributed by atoms with Gasteiger partial charge in [-0.3, -0.25) is 0 Å². The largest absolute Gasteiger partial charge is 0.305 e. The van der Waals surface area contributed by atoms with E-state index < -0.39 is 0 Å². The van der Waals surface area contributed by atoms with Crippen LogP contribution in [0.1, 0.15) is 17.0 Å². The Kier molecular flexibility index (Phi) is 3.60. The molecule has 0 aliphatic heterocycles. The van der Waals surface area contributed by atoms with Crippen LogP contribution in [0.2, 0.25) is 0 Å². The van der Waals surface area contributed by atoms with Gasteiger partial charge >= 0.3 is 0 Å². The minimum Gasteiger partial charge on any atom is -0.305 e. The van der Waals surface area contributed by atoms with Gasteiger partial charge in [-0.2, -0.15) is 5.26 Å². The van der Waals surface area contributed by atoms with Crippen molar-refractivity contribution in [3.05, 3.63) is 71.3 Å². The van der Waals surface area contributed by atoms with E-state index in [-0.39, 0.29) is 5.92 Å². The maximum Gasteiger partial charge on any atom is 0.100 e. The molecule has 0 saturated carbocycles. The number of hydrogen-bond acceptors (Lipinski definition) is 2. The van der Waals surface area contributed by atoms with Crippen molar-refractivity contribution in [1.29, 1.82) is 5.26 Å². The molecule has 1 unspecified atom stereocenters. The van der Waals surface area contributed by atoms with Crippen LogP contribution >= 0.6 is 0 Å². The van der Waals surface area contributed by atoms with Crippen LogP contribution in [0.15, 0.2) is 60.2 Å². The smallest absolute Gasteiger partial charge is 0.100 e. The summed E-state index contributed by atoms with van der Waals surface area (Å²) in [4.78, 5) is 2.17. The van der Waals surface area contributed by atoms with Crippen molar-refractivity contribution in [1.82, 2.24) is 4.90 Å². The summed E-state index contributed by atoms with van der Waals surface area (Å²) < 4.78 is 0. The highest BCUT2D eigenvalue weighted by Crippen LogP contribution is 2.35. The lowest BCUT2D eigenvalue weighted by atomic mass is 9.87. The molecule has 104 valence electrons. The highest BCUT2D eigenvalue weighted by molar-refractivity contribution is 5.89. The summed E-state index contributed by atoms with van der Waals surface area (Å²) in [5, 5.41) is 11.8. The molecule has 1 atom stereocenters. The second kappa shape index (κ2) is 5.55. The first kappa shape index (κ1) is 13.6. The normalized spacial score (nSPS) is 17.2. The standard InChI is InChI=1S/C19H18N2/c1-21(2)13-15-7-5-9-17(15)18-11-10-14-6-3-4-8-16(14)19(18)12-20/h3-11,17H,13H2,1-2H3. The van der Waals surface area contributed by atoms with Crippen LogP contribution in [0.4, 0.5) is 0 Å². The van der Waals surface area contributed by atoms with Crippen molar-refractivity contribution in [2.45, 2.75) is 5.92 Å². The van der Waals surface area contributed by atoms with Gasteiger partial charge in [0.05, 0.1) is 5.56 Å². The molecule has 0 aromatic heterocycles. The van der Waals surface area contributed by atoms with E-state index in [1.165, 1.54) is 5.57 Å². The number of benzene rings is 2. The van der Waals surface area contributed by atoms with Crippen LogP contribution < -0.4 is 0 Å². The van der Waals surface area contributed by atoms with E-state index in [1.807, 2.05) is 18.2 Å². The average Bonchev–Trinajstić information content (AvgIpc) is 2.93. The van der Waals surface area contributed by atoms with Gasteiger partial charge in [0.1, 0.15) is 6.07 Å². The lowest BCUT2D eigenvalue weighted by Gasteiger charge is -2.20. The SMILES string of the molecule is CN(C)CC1=CC=CC1c1ccc2ccccc2c1C#N. The van der Waals surface area contributed by atoms with Gasteiger partial charge in [0.15, 0.2) is 0 Å². The van der Waals surface area contributed by atoms with Gasteiger partial charge in [0.25, 0.3) is 0 Å². The molecule has 2 aromatic carbocycles. The van der Waals surface area contributed by atoms with Crippen molar-refractivity contribution in [2.75, 3.05) is 20.6 Å². The molecule has 1 aliphatic carbocycles. The quantitative estimate of drug-likeness (QED) is 0.850. The molecule has 2 aromatic rings. The molecular weight excluding hydrogens is 256 g/mol. The zero-order valence-corrected chi connectivity index (χ0v) is 12.4. The zero-order valence-electron chi connectivity index (χ0n) is 12.4. The lowest BCUT2D eigenvalue weighted by Crippen LogP contribution is -2.17. The minimum atomic E-state index is 0.214. The van der Waals surface area contributed by atoms with Crippen LogP contribution in [0.3, 0.4) is 0 Å². The second-order valence-corrected chi connectivity index (χ2v) is 5.70. The molecule has 0 amide bonds. The maximum absolute atomic E-state index is 9.64. The van der Waals surface area contributed by atoms with Crippen LogP contribution in [-0.4, -0.2) is 25.5 Å². The fourth-order valence-corrected chi connectivity index (χ4v) is 3.01. The van der Waals surface area contributed by atoms with Crippen molar-refractivity contribution >= 4 is 10.8 Å². The first-order valence-electron chi connectivity index (χ1n) is 7.14. The summed E-state index contributed by atoms with van der Waals surface area (Å²) in [7, 11) is 4.14. The molecule has 2 heteroatoms. The molecule has 0 saturated heterocycles. The molecule has 21 heavy (non-hydrogen) atoms. The zero-order chi connectivity index (χ0) is 14.8. The first-order chi connectivity index (χ1) is 10.2. The number of rotatable bonds is 3. The Morgan fingerprint density at radius 1 is 1.14 bits per heavy atom. The van der Waals surface area contributed by atoms with Gasteiger partial charge in [0, 0.05) is 12.5 Å². The van der Waals surface area contributed by atoms with Gasteiger partial charge in [-0.25, -0.2) is 0 Å². The van der Waals surface area contributed by atoms with E-state index in [2.05, 4.69) is 61.5 Å². The Morgan fingerprint density at radius 3 is 2.71 bits per heavy atom. The number of nitrogens with zero attached hydrogens (tertiary/aromatic N) is 2. The molecular formula is C19H18N2. The highest BCUT2D eigenvalue weighted by atomic mass is 15.0. The minimum absolute atomic E-state index is 0.214. The number of likely N-dealkylation sites (N-methyl/N-ethyl adjacent to an activating group) is 1. The third-order valence-corrected chi connectivity index (χ3v) is 3.92. The molecule has 0 radical (unpaired) electrons. The van der Waals surface area contributed by atoms with Gasteiger partial charge in [-0.1, -0.05) is 54.6 Å². The molecule has 0 heterocycles. The molecule has 3 rings (SSSR count). The Balaban J connectivity index is 2.11. The molecule has 0 fully saturated rings. The summed E-state index contributed by atoms with van der Waals surface area (Å²) in [6.45, 7) is 0.912. The van der Waals surface area contributed by atoms with Crippen molar-refractivity contribution < 1.29 is 0 Å². The van der Waals surface area contributed by atoms with Crippen LogP contribution in [0.25, 0.3) is 10.8 Å². The number of fused-ring (bicyclic) bond motifs is 1. The highest BCUT2D eigenvalue weighted by Gasteiger charge is 2.21. The molecule has 2 nitrogen and oxygen atoms in total. The van der Waals surface area contributed by atoms with E-state index in [4.69, 9.17) is 0 Å². The second-order valence-electron chi connectivity index (χ2n) is 5.70. The van der Waals surface area contributed by atoms with Gasteiger partial charge in [0.2, 0.25) is 0 Å². The first-order valence-corrected chi connectivity index (χ1v) is 7.14. The van der Waals surface area contributed by atoms with E-state index >= 15 is 0 Å². The Hall–Kier alpha value is -2.37. The maximum atomic E-state index is 9.64. The molecule has 0 spiro atoms. The Morgan fingerprint density at radius 2 is 1.95 bits per heavy atom. The van der Waals surface area contributed by atoms with E-state index in [9.17, 15) is 5.26 Å². The summed E-state index contributed by atoms with van der Waals surface area (Å²) in [6.07, 6.45) is 6.45. The van der Waals surface area contributed by atoms with Gasteiger partial charge in [-0.05, 0) is 36.0 Å². The Labute approximate surface area is 125 Å². The number of hydrogen-bond donors (Lipinski definition) is 0. The fraction of sp³-hybridized carbons (Fsp3) is 0.211. The van der Waals surface area contributed by atoms with E-state index in [0.717, 1.165) is 28.4 Å². The van der Waals surface area contributed by atoms with Crippen LogP contribution in [0, 0.1) is 11.3 Å². The third kappa shape index (κ3) is 2.49. The summed E-state index contributed by atoms with van der Waals surface area (Å²) in [5.74, 6) is 0.214. The Bertz CT molecular complexity index is 776. The van der Waals surface area contributed by atoms with Crippen molar-refractivity contribution in [3.8, 4) is 6.07 Å². The number of nitriles is 1. The van der Waals surface area contributed by atoms with E-state index in [1.54, 1.807) is 0 Å². The fourth-order valence-electron chi connectivity index (χ4n) is 3.01. The van der Waals surface area contributed by atoms with Gasteiger partial charge < -0.3 is 4.90 Å². The monoisotopic (exact) mass is 274 g/mol. The van der Waals surface area contributed by atoms with Crippen molar-refractivity contribution in [2.24, 2.45) is 0 Å². The molecule has 1 aliphatic rings. The van der Waals surface area contributed by atoms with Crippen molar-refractivity contribution in [3.63, 3.8) is 0 Å². The lowest BCUT2D eigenvalue weighted by molar-refractivity contribution is 0.439. The topological polar surface area (TPSA) is 27.0 Å². The summed E-state index contributed by atoms with van der Waals surface area (Å²) >= 11 is 0.